The summed E-state index contributed by atoms with van der Waals surface area (Å²) in [6.07, 6.45) is 0.789. The first-order valence-electron chi connectivity index (χ1n) is 9.35. The Kier molecular flexibility index (Phi) is 7.32. The summed E-state index contributed by atoms with van der Waals surface area (Å²) < 4.78 is 0. The lowest BCUT2D eigenvalue weighted by molar-refractivity contribution is -0.149. The zero-order chi connectivity index (χ0) is 20.6. The maximum Gasteiger partial charge on any atom is 0.311 e. The molecule has 6 nitrogen and oxygen atoms in total. The van der Waals surface area contributed by atoms with Crippen molar-refractivity contribution in [1.82, 2.24) is 10.6 Å². The van der Waals surface area contributed by atoms with Gasteiger partial charge in [-0.1, -0.05) is 62.4 Å². The van der Waals surface area contributed by atoms with Gasteiger partial charge in [0.25, 0.3) is 5.91 Å². The molecule has 0 aliphatic carbocycles. The second-order valence-electron chi connectivity index (χ2n) is 6.69. The van der Waals surface area contributed by atoms with Crippen molar-refractivity contribution in [2.75, 3.05) is 6.54 Å². The van der Waals surface area contributed by atoms with Gasteiger partial charge in [0, 0.05) is 12.1 Å². The van der Waals surface area contributed by atoms with Crippen molar-refractivity contribution in [3.05, 3.63) is 71.8 Å². The molecule has 0 spiro atoms. The second kappa shape index (κ2) is 9.69. The third-order valence-corrected chi connectivity index (χ3v) is 5.11. The highest BCUT2D eigenvalue weighted by Crippen LogP contribution is 2.26. The quantitative estimate of drug-likeness (QED) is 0.621. The number of benzene rings is 2. The lowest BCUT2D eigenvalue weighted by atomic mass is 9.82. The molecule has 0 aliphatic rings. The van der Waals surface area contributed by atoms with E-state index in [1.807, 2.05) is 6.07 Å². The number of nitrogens with one attached hydrogen (secondary N) is 2. The molecule has 3 N–H and O–H groups in total. The van der Waals surface area contributed by atoms with Gasteiger partial charge in [-0.15, -0.1) is 0 Å². The van der Waals surface area contributed by atoms with E-state index in [1.165, 1.54) is 0 Å². The molecule has 148 valence electrons. The number of amides is 2. The summed E-state index contributed by atoms with van der Waals surface area (Å²) >= 11 is 0. The van der Waals surface area contributed by atoms with Crippen molar-refractivity contribution in [3.63, 3.8) is 0 Å². The SMILES string of the molecule is CCC(CC)(CNC(=O)C(NC(=O)c1ccccc1)c1ccccc1)C(=O)O. The summed E-state index contributed by atoms with van der Waals surface area (Å²) in [6, 6.07) is 16.6. The molecule has 2 amide bonds. The van der Waals surface area contributed by atoms with E-state index in [0.29, 0.717) is 24.0 Å². The summed E-state index contributed by atoms with van der Waals surface area (Å²) in [5.74, 6) is -1.76. The van der Waals surface area contributed by atoms with Crippen molar-refractivity contribution in [2.45, 2.75) is 32.7 Å². The smallest absolute Gasteiger partial charge is 0.311 e. The lowest BCUT2D eigenvalue weighted by Crippen LogP contribution is -2.46. The van der Waals surface area contributed by atoms with Gasteiger partial charge in [-0.05, 0) is 30.5 Å². The maximum absolute atomic E-state index is 12.9. The molecule has 1 atom stereocenters. The number of hydrogen-bond donors (Lipinski definition) is 3. The fourth-order valence-corrected chi connectivity index (χ4v) is 2.99. The molecule has 0 aromatic heterocycles. The predicted octanol–water partition coefficient (Wildman–Crippen LogP) is 3.16. The first-order valence-corrected chi connectivity index (χ1v) is 9.35. The molecule has 1 unspecified atom stereocenters. The Balaban J connectivity index is 2.21. The number of hydrogen-bond acceptors (Lipinski definition) is 3. The molecular formula is C22H26N2O4. The Hall–Kier alpha value is -3.15. The summed E-state index contributed by atoms with van der Waals surface area (Å²) in [5.41, 5.74) is 0.0387. The number of carboxylic acid groups (broad SMARTS) is 1. The van der Waals surface area contributed by atoms with Gasteiger partial charge in [0.05, 0.1) is 5.41 Å². The van der Waals surface area contributed by atoms with Gasteiger partial charge in [0.2, 0.25) is 5.91 Å². The molecule has 0 bridgehead atoms. The van der Waals surface area contributed by atoms with E-state index >= 15 is 0 Å². The van der Waals surface area contributed by atoms with Gasteiger partial charge in [0.1, 0.15) is 6.04 Å². The van der Waals surface area contributed by atoms with E-state index in [2.05, 4.69) is 10.6 Å². The van der Waals surface area contributed by atoms with Crippen LogP contribution in [0.5, 0.6) is 0 Å². The van der Waals surface area contributed by atoms with Crippen LogP contribution in [0.15, 0.2) is 60.7 Å². The molecule has 0 radical (unpaired) electrons. The molecule has 0 heterocycles. The highest BCUT2D eigenvalue weighted by Gasteiger charge is 2.36. The van der Waals surface area contributed by atoms with E-state index in [4.69, 9.17) is 0 Å². The van der Waals surface area contributed by atoms with E-state index in [1.54, 1.807) is 68.4 Å². The molecule has 2 aromatic carbocycles. The van der Waals surface area contributed by atoms with Gasteiger partial charge >= 0.3 is 5.97 Å². The highest BCUT2D eigenvalue weighted by atomic mass is 16.4. The average Bonchev–Trinajstić information content (AvgIpc) is 2.73. The van der Waals surface area contributed by atoms with E-state index < -0.39 is 23.3 Å². The van der Waals surface area contributed by atoms with Crippen molar-refractivity contribution in [3.8, 4) is 0 Å². The zero-order valence-electron chi connectivity index (χ0n) is 16.1. The van der Waals surface area contributed by atoms with Gasteiger partial charge in [-0.3, -0.25) is 14.4 Å². The number of carbonyl (C=O) groups excluding carboxylic acids is 2. The molecule has 0 saturated heterocycles. The Morgan fingerprint density at radius 1 is 0.929 bits per heavy atom. The minimum Gasteiger partial charge on any atom is -0.481 e. The van der Waals surface area contributed by atoms with Gasteiger partial charge in [0.15, 0.2) is 0 Å². The summed E-state index contributed by atoms with van der Waals surface area (Å²) in [4.78, 5) is 37.1. The van der Waals surface area contributed by atoms with E-state index in [0.717, 1.165) is 0 Å². The van der Waals surface area contributed by atoms with Crippen LogP contribution in [0.2, 0.25) is 0 Å². The lowest BCUT2D eigenvalue weighted by Gasteiger charge is -2.28. The van der Waals surface area contributed by atoms with Crippen LogP contribution in [0.25, 0.3) is 0 Å². The Morgan fingerprint density at radius 2 is 1.46 bits per heavy atom. The highest BCUT2D eigenvalue weighted by molar-refractivity contribution is 5.97. The van der Waals surface area contributed by atoms with Crippen LogP contribution in [0.4, 0.5) is 0 Å². The summed E-state index contributed by atoms with van der Waals surface area (Å²) in [7, 11) is 0. The van der Waals surface area contributed by atoms with Crippen LogP contribution in [-0.2, 0) is 9.59 Å². The van der Waals surface area contributed by atoms with Crippen molar-refractivity contribution >= 4 is 17.8 Å². The first-order chi connectivity index (χ1) is 13.4. The first kappa shape index (κ1) is 21.2. The third-order valence-electron chi connectivity index (χ3n) is 5.11. The molecule has 0 aliphatic heterocycles. The topological polar surface area (TPSA) is 95.5 Å². The van der Waals surface area contributed by atoms with Crippen LogP contribution < -0.4 is 10.6 Å². The molecule has 0 saturated carbocycles. The fourth-order valence-electron chi connectivity index (χ4n) is 2.99. The molecular weight excluding hydrogens is 356 g/mol. The molecule has 28 heavy (non-hydrogen) atoms. The van der Waals surface area contributed by atoms with E-state index in [-0.39, 0.29) is 12.5 Å². The number of carboxylic acids is 1. The maximum atomic E-state index is 12.9. The Labute approximate surface area is 165 Å². The van der Waals surface area contributed by atoms with Crippen molar-refractivity contribution < 1.29 is 19.5 Å². The van der Waals surface area contributed by atoms with Crippen molar-refractivity contribution in [1.29, 1.82) is 0 Å². The summed E-state index contributed by atoms with van der Waals surface area (Å²) in [6.45, 7) is 3.57. The largest absolute Gasteiger partial charge is 0.481 e. The minimum absolute atomic E-state index is 0.00128. The second-order valence-corrected chi connectivity index (χ2v) is 6.69. The predicted molar refractivity (Wildman–Crippen MR) is 107 cm³/mol. The summed E-state index contributed by atoms with van der Waals surface area (Å²) in [5, 5.41) is 15.0. The van der Waals surface area contributed by atoms with Crippen LogP contribution in [0, 0.1) is 5.41 Å². The van der Waals surface area contributed by atoms with Gasteiger partial charge in [-0.2, -0.15) is 0 Å². The number of rotatable bonds is 9. The van der Waals surface area contributed by atoms with Crippen LogP contribution in [-0.4, -0.2) is 29.4 Å². The molecule has 2 aromatic rings. The van der Waals surface area contributed by atoms with Crippen LogP contribution in [0.1, 0.15) is 48.7 Å². The number of aliphatic carboxylic acids is 1. The molecule has 2 rings (SSSR count). The zero-order valence-corrected chi connectivity index (χ0v) is 16.1. The normalized spacial score (nSPS) is 12.1. The van der Waals surface area contributed by atoms with Crippen molar-refractivity contribution in [2.24, 2.45) is 5.41 Å². The number of carbonyl (C=O) groups is 3. The minimum atomic E-state index is -1.03. The van der Waals surface area contributed by atoms with Crippen LogP contribution in [0.3, 0.4) is 0 Å². The third kappa shape index (κ3) is 4.97. The Bertz CT molecular complexity index is 802. The average molecular weight is 382 g/mol. The van der Waals surface area contributed by atoms with Crippen LogP contribution >= 0.6 is 0 Å². The standard InChI is InChI=1S/C22H26N2O4/c1-3-22(4-2,21(27)28)15-23-20(26)18(16-11-7-5-8-12-16)24-19(25)17-13-9-6-10-14-17/h5-14,18H,3-4,15H2,1-2H3,(H,23,26)(H,24,25)(H,27,28). The monoisotopic (exact) mass is 382 g/mol. The van der Waals surface area contributed by atoms with Gasteiger partial charge < -0.3 is 15.7 Å². The Morgan fingerprint density at radius 3 is 1.96 bits per heavy atom. The molecule has 6 heteroatoms. The van der Waals surface area contributed by atoms with Gasteiger partial charge in [-0.25, -0.2) is 0 Å². The van der Waals surface area contributed by atoms with E-state index in [9.17, 15) is 19.5 Å². The molecule has 0 fully saturated rings. The fraction of sp³-hybridized carbons (Fsp3) is 0.318.